The Morgan fingerprint density at radius 3 is 2.50 bits per heavy atom. The first kappa shape index (κ1) is 18.3. The number of halogens is 1. The standard InChI is InChI=1S/C14H20N3O2.ClH/c1-4-5-6-9-14(2,3)11-7-8-12(16-15)13(10-11)17(18)19;/h7-8,10H,4-6,9H2,1-3H3;1H/q+1;/p-1. The van der Waals surface area contributed by atoms with Crippen LogP contribution in [0.2, 0.25) is 0 Å². The summed E-state index contributed by atoms with van der Waals surface area (Å²) in [4.78, 5) is 13.4. The predicted molar refractivity (Wildman–Crippen MR) is 75.0 cm³/mol. The summed E-state index contributed by atoms with van der Waals surface area (Å²) in [6.07, 6.45) is 4.39. The van der Waals surface area contributed by atoms with Gasteiger partial charge < -0.3 is 12.4 Å². The van der Waals surface area contributed by atoms with Crippen LogP contribution in [-0.2, 0) is 5.41 Å². The first-order valence-corrected chi connectivity index (χ1v) is 6.56. The lowest BCUT2D eigenvalue weighted by Crippen LogP contribution is -3.00. The summed E-state index contributed by atoms with van der Waals surface area (Å²) in [5.41, 5.74) is 0.637. The number of unbranched alkanes of at least 4 members (excludes halogenated alkanes) is 2. The minimum absolute atomic E-state index is 0. The summed E-state index contributed by atoms with van der Waals surface area (Å²) < 4.78 is 0. The van der Waals surface area contributed by atoms with E-state index in [4.69, 9.17) is 5.39 Å². The SMILES string of the molecule is CCCCCC(C)(C)c1ccc([N+]#N)c([N+](=O)[O-])c1.[Cl-]. The molecule has 0 bridgehead atoms. The monoisotopic (exact) mass is 297 g/mol. The van der Waals surface area contributed by atoms with Crippen molar-refractivity contribution in [1.82, 2.24) is 0 Å². The highest BCUT2D eigenvalue weighted by Gasteiger charge is 2.29. The number of nitro groups is 1. The second-order valence-electron chi connectivity index (χ2n) is 5.40. The van der Waals surface area contributed by atoms with Gasteiger partial charge in [-0.1, -0.05) is 40.0 Å². The van der Waals surface area contributed by atoms with E-state index in [9.17, 15) is 10.1 Å². The van der Waals surface area contributed by atoms with Crippen molar-refractivity contribution in [2.24, 2.45) is 0 Å². The summed E-state index contributed by atoms with van der Waals surface area (Å²) >= 11 is 0. The summed E-state index contributed by atoms with van der Waals surface area (Å²) in [5.74, 6) is 0. The molecule has 20 heavy (non-hydrogen) atoms. The van der Waals surface area contributed by atoms with Gasteiger partial charge in [-0.05, 0) is 23.5 Å². The van der Waals surface area contributed by atoms with Gasteiger partial charge in [0.05, 0.1) is 4.92 Å². The van der Waals surface area contributed by atoms with E-state index >= 15 is 0 Å². The Morgan fingerprint density at radius 2 is 2.00 bits per heavy atom. The smallest absolute Gasteiger partial charge is 0.461 e. The van der Waals surface area contributed by atoms with E-state index in [1.807, 2.05) is 0 Å². The third-order valence-electron chi connectivity index (χ3n) is 3.47. The topological polar surface area (TPSA) is 71.3 Å². The highest BCUT2D eigenvalue weighted by molar-refractivity contribution is 5.63. The Labute approximate surface area is 125 Å². The molecular weight excluding hydrogens is 278 g/mol. The number of hydrogen-bond acceptors (Lipinski definition) is 3. The van der Waals surface area contributed by atoms with Crippen LogP contribution in [0.25, 0.3) is 4.98 Å². The second kappa shape index (κ2) is 7.81. The Bertz CT molecular complexity index is 510. The van der Waals surface area contributed by atoms with E-state index in [0.717, 1.165) is 31.2 Å². The molecule has 0 aliphatic carbocycles. The lowest BCUT2D eigenvalue weighted by atomic mass is 9.80. The van der Waals surface area contributed by atoms with Crippen LogP contribution in [0.1, 0.15) is 52.0 Å². The summed E-state index contributed by atoms with van der Waals surface area (Å²) in [5, 5.41) is 19.7. The van der Waals surface area contributed by atoms with Crippen LogP contribution < -0.4 is 12.4 Å². The molecule has 0 atom stereocenters. The van der Waals surface area contributed by atoms with Gasteiger partial charge in [-0.25, -0.2) is 0 Å². The number of hydrogen-bond donors (Lipinski definition) is 0. The van der Waals surface area contributed by atoms with Gasteiger partial charge in [0.25, 0.3) is 0 Å². The fourth-order valence-electron chi connectivity index (χ4n) is 2.14. The third-order valence-corrected chi connectivity index (χ3v) is 3.47. The number of rotatable bonds is 6. The zero-order chi connectivity index (χ0) is 14.5. The summed E-state index contributed by atoms with van der Waals surface area (Å²) in [7, 11) is 0. The van der Waals surface area contributed by atoms with Gasteiger partial charge in [0.15, 0.2) is 4.98 Å². The molecule has 0 amide bonds. The molecule has 1 aromatic carbocycles. The first-order chi connectivity index (χ1) is 8.92. The fraction of sp³-hybridized carbons (Fsp3) is 0.571. The van der Waals surface area contributed by atoms with Crippen LogP contribution in [0.4, 0.5) is 11.4 Å². The molecule has 0 radical (unpaired) electrons. The minimum Gasteiger partial charge on any atom is -1.00 e. The highest BCUT2D eigenvalue weighted by Crippen LogP contribution is 2.35. The number of benzene rings is 1. The Morgan fingerprint density at radius 1 is 1.35 bits per heavy atom. The van der Waals surface area contributed by atoms with Crippen LogP contribution in [0.15, 0.2) is 18.2 Å². The molecule has 0 aliphatic heterocycles. The van der Waals surface area contributed by atoms with E-state index in [2.05, 4.69) is 25.7 Å². The minimum atomic E-state index is -0.513. The normalized spacial score (nSPS) is 10.5. The van der Waals surface area contributed by atoms with Crippen molar-refractivity contribution in [3.05, 3.63) is 38.9 Å². The number of nitrogens with zero attached hydrogens (tertiary/aromatic N) is 3. The van der Waals surface area contributed by atoms with Crippen molar-refractivity contribution < 1.29 is 17.3 Å². The molecule has 0 spiro atoms. The maximum Gasteiger partial charge on any atom is 0.461 e. The van der Waals surface area contributed by atoms with Crippen LogP contribution in [0.3, 0.4) is 0 Å². The van der Waals surface area contributed by atoms with Gasteiger partial charge >= 0.3 is 11.4 Å². The maximum absolute atomic E-state index is 11.0. The molecule has 0 N–H and O–H groups in total. The fourth-order valence-corrected chi connectivity index (χ4v) is 2.14. The summed E-state index contributed by atoms with van der Waals surface area (Å²) in [6, 6.07) is 4.81. The largest absolute Gasteiger partial charge is 1.00 e. The molecule has 0 aliphatic rings. The molecule has 6 heteroatoms. The van der Waals surface area contributed by atoms with E-state index in [1.165, 1.54) is 12.1 Å². The molecule has 0 saturated heterocycles. The van der Waals surface area contributed by atoms with Gasteiger partial charge in [-0.3, -0.25) is 10.1 Å². The van der Waals surface area contributed by atoms with Gasteiger partial charge in [-0.2, -0.15) is 0 Å². The number of diazo groups is 1. The lowest BCUT2D eigenvalue weighted by molar-refractivity contribution is -0.383. The first-order valence-electron chi connectivity index (χ1n) is 6.56. The lowest BCUT2D eigenvalue weighted by Gasteiger charge is -2.24. The Balaban J connectivity index is 0.00000361. The van der Waals surface area contributed by atoms with Crippen LogP contribution in [0.5, 0.6) is 0 Å². The van der Waals surface area contributed by atoms with Crippen LogP contribution in [0, 0.1) is 15.5 Å². The average molecular weight is 298 g/mol. The molecule has 1 aromatic rings. The quantitative estimate of drug-likeness (QED) is 0.349. The van der Waals surface area contributed by atoms with Gasteiger partial charge in [0.1, 0.15) is 0 Å². The van der Waals surface area contributed by atoms with Crippen LogP contribution in [-0.4, -0.2) is 4.92 Å². The van der Waals surface area contributed by atoms with Gasteiger partial charge in [0.2, 0.25) is 5.39 Å². The molecular formula is C14H20ClN3O2. The van der Waals surface area contributed by atoms with Crippen molar-refractivity contribution in [3.63, 3.8) is 0 Å². The van der Waals surface area contributed by atoms with E-state index < -0.39 is 4.92 Å². The maximum atomic E-state index is 11.0. The molecule has 1 rings (SSSR count). The third kappa shape index (κ3) is 4.46. The van der Waals surface area contributed by atoms with Crippen molar-refractivity contribution in [1.29, 1.82) is 5.39 Å². The Kier molecular flexibility index (Phi) is 7.16. The van der Waals surface area contributed by atoms with E-state index in [0.29, 0.717) is 0 Å². The van der Waals surface area contributed by atoms with Gasteiger partial charge in [-0.15, -0.1) is 0 Å². The molecule has 0 fully saturated rings. The summed E-state index contributed by atoms with van der Waals surface area (Å²) in [6.45, 7) is 6.31. The molecule has 0 heterocycles. The molecule has 0 saturated carbocycles. The van der Waals surface area contributed by atoms with Gasteiger partial charge in [0, 0.05) is 12.1 Å². The van der Waals surface area contributed by atoms with E-state index in [-0.39, 0.29) is 29.2 Å². The van der Waals surface area contributed by atoms with Crippen molar-refractivity contribution in [2.45, 2.75) is 51.9 Å². The average Bonchev–Trinajstić information content (AvgIpc) is 2.38. The van der Waals surface area contributed by atoms with Crippen LogP contribution >= 0.6 is 0 Å². The van der Waals surface area contributed by atoms with Crippen molar-refractivity contribution >= 4 is 11.4 Å². The molecule has 110 valence electrons. The highest BCUT2D eigenvalue weighted by atomic mass is 35.5. The molecule has 0 unspecified atom stereocenters. The second-order valence-corrected chi connectivity index (χ2v) is 5.40. The van der Waals surface area contributed by atoms with E-state index in [1.54, 1.807) is 6.07 Å². The zero-order valence-corrected chi connectivity index (χ0v) is 12.9. The zero-order valence-electron chi connectivity index (χ0n) is 12.1. The number of nitro benzene ring substituents is 1. The molecule has 0 aromatic heterocycles. The predicted octanol–water partition coefficient (Wildman–Crippen LogP) is 1.94. The molecule has 5 nitrogen and oxygen atoms in total. The Hall–Kier alpha value is -1.67. The van der Waals surface area contributed by atoms with Crippen molar-refractivity contribution in [2.75, 3.05) is 0 Å². The van der Waals surface area contributed by atoms with Crippen molar-refractivity contribution in [3.8, 4) is 0 Å².